The zero-order valence-electron chi connectivity index (χ0n) is 14.8. The molecule has 0 aromatic heterocycles. The molecule has 0 saturated heterocycles. The summed E-state index contributed by atoms with van der Waals surface area (Å²) >= 11 is 0. The Hall–Kier alpha value is -1.76. The highest BCUT2D eigenvalue weighted by Crippen LogP contribution is 2.29. The second-order valence-electron chi connectivity index (χ2n) is 4.99. The lowest BCUT2D eigenvalue weighted by molar-refractivity contribution is -0.243. The molecule has 6 nitrogen and oxygen atoms in total. The van der Waals surface area contributed by atoms with E-state index in [1.807, 2.05) is 0 Å². The summed E-state index contributed by atoms with van der Waals surface area (Å²) < 4.78 is 85.7. The molecule has 0 unspecified atom stereocenters. The lowest BCUT2D eigenvalue weighted by Gasteiger charge is -2.17. The van der Waals surface area contributed by atoms with Gasteiger partial charge in [-0.2, -0.15) is 8.78 Å². The van der Waals surface area contributed by atoms with Gasteiger partial charge in [0, 0.05) is 19.8 Å². The van der Waals surface area contributed by atoms with Gasteiger partial charge in [0.2, 0.25) is 34.8 Å². The Balaban J connectivity index is 2.39. The number of hydrogen-bond donors (Lipinski definition) is 1. The first-order valence-electron chi connectivity index (χ1n) is 8.15. The van der Waals surface area contributed by atoms with E-state index in [2.05, 4.69) is 10.1 Å². The van der Waals surface area contributed by atoms with Crippen molar-refractivity contribution in [3.05, 3.63) is 29.1 Å². The van der Waals surface area contributed by atoms with Crippen LogP contribution in [0.1, 0.15) is 20.3 Å². The average Bonchev–Trinajstić information content (AvgIpc) is 2.65. The number of carbonyl (C=O) groups is 1. The molecular formula is C15H20F5NO5Si. The summed E-state index contributed by atoms with van der Waals surface area (Å²) in [5, 5.41) is 2.15. The van der Waals surface area contributed by atoms with Gasteiger partial charge >= 0.3 is 6.09 Å². The Labute approximate surface area is 154 Å². The standard InChI is InChI=1S/C15H20F5NO5Si/c1-3-23-15(24-4-2)26-27-7-5-6-21-14(22)25-13-11(19)9(17)8(16)10(18)12(13)20/h15H,3-7,27H2,1-2H3,(H,21,22). The summed E-state index contributed by atoms with van der Waals surface area (Å²) in [4.78, 5) is 11.5. The Morgan fingerprint density at radius 1 is 0.963 bits per heavy atom. The molecule has 27 heavy (non-hydrogen) atoms. The van der Waals surface area contributed by atoms with Crippen LogP contribution in [-0.4, -0.2) is 42.1 Å². The van der Waals surface area contributed by atoms with Gasteiger partial charge in [0.05, 0.1) is 0 Å². The van der Waals surface area contributed by atoms with E-state index >= 15 is 0 Å². The van der Waals surface area contributed by atoms with Gasteiger partial charge in [-0.3, -0.25) is 0 Å². The maximum atomic E-state index is 13.4. The number of carbonyl (C=O) groups excluding carboxylic acids is 1. The van der Waals surface area contributed by atoms with E-state index in [0.29, 0.717) is 25.7 Å². The molecule has 1 amide bonds. The summed E-state index contributed by atoms with van der Waals surface area (Å²) in [5.74, 6) is -12.8. The molecule has 12 heteroatoms. The van der Waals surface area contributed by atoms with E-state index in [9.17, 15) is 26.7 Å². The van der Waals surface area contributed by atoms with Crippen LogP contribution in [-0.2, 0) is 13.9 Å². The van der Waals surface area contributed by atoms with Crippen LogP contribution in [0.2, 0.25) is 6.04 Å². The topological polar surface area (TPSA) is 66.0 Å². The third-order valence-corrected chi connectivity index (χ3v) is 4.36. The first kappa shape index (κ1) is 23.3. The fraction of sp³-hybridized carbons (Fsp3) is 0.533. The highest BCUT2D eigenvalue weighted by Gasteiger charge is 2.28. The zero-order valence-corrected chi connectivity index (χ0v) is 16.2. The molecule has 0 fully saturated rings. The largest absolute Gasteiger partial charge is 0.412 e. The van der Waals surface area contributed by atoms with Crippen molar-refractivity contribution in [2.45, 2.75) is 32.8 Å². The molecule has 1 rings (SSSR count). The molecule has 1 N–H and O–H groups in total. The Morgan fingerprint density at radius 2 is 1.48 bits per heavy atom. The van der Waals surface area contributed by atoms with Crippen LogP contribution in [0, 0.1) is 29.1 Å². The van der Waals surface area contributed by atoms with Gasteiger partial charge < -0.3 is 24.0 Å². The van der Waals surface area contributed by atoms with Gasteiger partial charge in [-0.15, -0.1) is 0 Å². The number of halogens is 5. The number of benzene rings is 1. The zero-order chi connectivity index (χ0) is 20.4. The van der Waals surface area contributed by atoms with Crippen molar-refractivity contribution in [1.82, 2.24) is 5.32 Å². The molecule has 1 aromatic carbocycles. The van der Waals surface area contributed by atoms with Gasteiger partial charge in [-0.1, -0.05) is 0 Å². The number of hydrogen-bond acceptors (Lipinski definition) is 5. The lowest BCUT2D eigenvalue weighted by Crippen LogP contribution is -2.29. The lowest BCUT2D eigenvalue weighted by atomic mass is 10.2. The molecular weight excluding hydrogens is 397 g/mol. The first-order valence-corrected chi connectivity index (χ1v) is 9.73. The second kappa shape index (κ2) is 11.8. The van der Waals surface area contributed by atoms with E-state index in [-0.39, 0.29) is 6.54 Å². The predicted molar refractivity (Wildman–Crippen MR) is 86.4 cm³/mol. The minimum Gasteiger partial charge on any atom is -0.404 e. The van der Waals surface area contributed by atoms with Gasteiger partial charge in [0.1, 0.15) is 0 Å². The maximum Gasteiger partial charge on any atom is 0.412 e. The summed E-state index contributed by atoms with van der Waals surface area (Å²) in [6.45, 7) is 3.74. The van der Waals surface area contributed by atoms with Crippen molar-refractivity contribution < 1.29 is 45.4 Å². The molecule has 0 heterocycles. The molecule has 0 atom stereocenters. The minimum absolute atomic E-state index is 0.0541. The third-order valence-electron chi connectivity index (χ3n) is 3.06. The fourth-order valence-corrected chi connectivity index (χ4v) is 2.82. The van der Waals surface area contributed by atoms with Crippen LogP contribution in [0.4, 0.5) is 26.7 Å². The average molecular weight is 417 g/mol. The monoisotopic (exact) mass is 417 g/mol. The van der Waals surface area contributed by atoms with Crippen LogP contribution in [0.5, 0.6) is 5.75 Å². The van der Waals surface area contributed by atoms with Gasteiger partial charge in [-0.05, 0) is 26.3 Å². The van der Waals surface area contributed by atoms with Crippen molar-refractivity contribution in [3.63, 3.8) is 0 Å². The van der Waals surface area contributed by atoms with Crippen molar-refractivity contribution in [1.29, 1.82) is 0 Å². The Bertz CT molecular complexity index is 602. The van der Waals surface area contributed by atoms with E-state index in [1.165, 1.54) is 0 Å². The molecule has 0 aliphatic carbocycles. The summed E-state index contributed by atoms with van der Waals surface area (Å²) in [7, 11) is -1.01. The van der Waals surface area contributed by atoms with E-state index in [4.69, 9.17) is 13.9 Å². The van der Waals surface area contributed by atoms with E-state index in [1.54, 1.807) is 13.8 Å². The number of amides is 1. The number of nitrogens with one attached hydrogen (secondary N) is 1. The normalized spacial score (nSPS) is 11.6. The fourth-order valence-electron chi connectivity index (χ4n) is 1.82. The second-order valence-corrected chi connectivity index (χ2v) is 6.44. The highest BCUT2D eigenvalue weighted by molar-refractivity contribution is 6.27. The van der Waals surface area contributed by atoms with Gasteiger partial charge in [0.15, 0.2) is 9.76 Å². The van der Waals surface area contributed by atoms with Crippen LogP contribution >= 0.6 is 0 Å². The molecule has 0 aliphatic heterocycles. The number of ether oxygens (including phenoxy) is 3. The van der Waals surface area contributed by atoms with Crippen LogP contribution < -0.4 is 10.1 Å². The molecule has 1 aromatic rings. The molecule has 0 radical (unpaired) electrons. The Morgan fingerprint density at radius 3 is 2.00 bits per heavy atom. The van der Waals surface area contributed by atoms with E-state index < -0.39 is 57.2 Å². The highest BCUT2D eigenvalue weighted by atomic mass is 28.2. The molecule has 0 aliphatic rings. The molecule has 0 bridgehead atoms. The SMILES string of the molecule is CCOC(OCC)O[SiH2]CCCNC(=O)Oc1c(F)c(F)c(F)c(F)c1F. The van der Waals surface area contributed by atoms with Gasteiger partial charge in [0.25, 0.3) is 6.48 Å². The van der Waals surface area contributed by atoms with E-state index in [0.717, 1.165) is 0 Å². The quantitative estimate of drug-likeness (QED) is 0.150. The summed E-state index contributed by atoms with van der Waals surface area (Å²) in [5.41, 5.74) is 0. The molecule has 0 spiro atoms. The molecule has 154 valence electrons. The van der Waals surface area contributed by atoms with Crippen LogP contribution in [0.3, 0.4) is 0 Å². The summed E-state index contributed by atoms with van der Waals surface area (Å²) in [6, 6.07) is 0.611. The van der Waals surface area contributed by atoms with Crippen molar-refractivity contribution in [3.8, 4) is 5.75 Å². The smallest absolute Gasteiger partial charge is 0.404 e. The van der Waals surface area contributed by atoms with Gasteiger partial charge in [-0.25, -0.2) is 18.0 Å². The third kappa shape index (κ3) is 7.05. The van der Waals surface area contributed by atoms with Crippen LogP contribution in [0.15, 0.2) is 0 Å². The molecule has 0 saturated carbocycles. The Kier molecular flexibility index (Phi) is 10.2. The van der Waals surface area contributed by atoms with Crippen molar-refractivity contribution in [2.24, 2.45) is 0 Å². The summed E-state index contributed by atoms with van der Waals surface area (Å²) in [6.07, 6.45) is -0.897. The van der Waals surface area contributed by atoms with Crippen LogP contribution in [0.25, 0.3) is 0 Å². The minimum atomic E-state index is -2.33. The van der Waals surface area contributed by atoms with Crippen molar-refractivity contribution in [2.75, 3.05) is 19.8 Å². The van der Waals surface area contributed by atoms with Crippen molar-refractivity contribution >= 4 is 15.9 Å². The first-order chi connectivity index (χ1) is 12.8. The predicted octanol–water partition coefficient (Wildman–Crippen LogP) is 2.74. The maximum absolute atomic E-state index is 13.4. The number of rotatable bonds is 11.